The van der Waals surface area contributed by atoms with Gasteiger partial charge in [0, 0.05) is 29.8 Å². The fourth-order valence-electron chi connectivity index (χ4n) is 2.47. The standard InChI is InChI=1S/C16H9N5O7/c22-16-7-5-13(10-2-1-3-11(8-10)19(23)24)17-18(16)14-6-4-12(20(25)26)9-15(14)21(27)28/h1-9H. The SMILES string of the molecule is O=c1ccc(-c2cccc([N+](=O)[O-])c2)nn1-c1ccc([N+](=O)[O-])cc1[N+](=O)[O-]. The monoisotopic (exact) mass is 383 g/mol. The molecule has 28 heavy (non-hydrogen) atoms. The van der Waals surface area contributed by atoms with E-state index in [-0.39, 0.29) is 17.1 Å². The van der Waals surface area contributed by atoms with Crippen molar-refractivity contribution in [1.82, 2.24) is 9.78 Å². The minimum Gasteiger partial charge on any atom is -0.267 e. The van der Waals surface area contributed by atoms with E-state index < -0.39 is 31.7 Å². The van der Waals surface area contributed by atoms with Gasteiger partial charge in [-0.25, -0.2) is 0 Å². The van der Waals surface area contributed by atoms with E-state index in [1.54, 1.807) is 0 Å². The van der Waals surface area contributed by atoms with Crippen LogP contribution in [0.1, 0.15) is 0 Å². The molecule has 0 aliphatic carbocycles. The molecule has 12 heteroatoms. The third-order valence-corrected chi connectivity index (χ3v) is 3.75. The molecule has 2 aromatic carbocycles. The fourth-order valence-corrected chi connectivity index (χ4v) is 2.47. The van der Waals surface area contributed by atoms with Crippen LogP contribution in [0.4, 0.5) is 17.1 Å². The zero-order valence-electron chi connectivity index (χ0n) is 13.8. The number of nitrogens with zero attached hydrogens (tertiary/aromatic N) is 5. The molecule has 0 saturated heterocycles. The second-order valence-corrected chi connectivity index (χ2v) is 5.46. The minimum absolute atomic E-state index is 0.149. The molecule has 0 bridgehead atoms. The van der Waals surface area contributed by atoms with Gasteiger partial charge in [-0.15, -0.1) is 0 Å². The molecule has 3 rings (SSSR count). The molecule has 0 amide bonds. The Labute approximate surface area is 154 Å². The van der Waals surface area contributed by atoms with Crippen LogP contribution in [-0.2, 0) is 0 Å². The first-order valence-electron chi connectivity index (χ1n) is 7.56. The molecular formula is C16H9N5O7. The van der Waals surface area contributed by atoms with Gasteiger partial charge in [0.05, 0.1) is 26.5 Å². The molecule has 0 atom stereocenters. The number of non-ortho nitro benzene ring substituents is 2. The van der Waals surface area contributed by atoms with Crippen molar-refractivity contribution in [2.75, 3.05) is 0 Å². The summed E-state index contributed by atoms with van der Waals surface area (Å²) in [7, 11) is 0. The van der Waals surface area contributed by atoms with E-state index in [0.717, 1.165) is 28.9 Å². The van der Waals surface area contributed by atoms with E-state index >= 15 is 0 Å². The average Bonchev–Trinajstić information content (AvgIpc) is 2.68. The average molecular weight is 383 g/mol. The van der Waals surface area contributed by atoms with Crippen LogP contribution < -0.4 is 5.56 Å². The number of nitro benzene ring substituents is 3. The van der Waals surface area contributed by atoms with Crippen molar-refractivity contribution in [1.29, 1.82) is 0 Å². The summed E-state index contributed by atoms with van der Waals surface area (Å²) in [6.45, 7) is 0. The summed E-state index contributed by atoms with van der Waals surface area (Å²) in [6.07, 6.45) is 0. The van der Waals surface area contributed by atoms with Gasteiger partial charge in [-0.1, -0.05) is 12.1 Å². The Balaban J connectivity index is 2.19. The Morgan fingerprint density at radius 3 is 2.11 bits per heavy atom. The van der Waals surface area contributed by atoms with Crippen molar-refractivity contribution < 1.29 is 14.8 Å². The van der Waals surface area contributed by atoms with Crippen molar-refractivity contribution in [3.05, 3.63) is 95.3 Å². The van der Waals surface area contributed by atoms with Gasteiger partial charge >= 0.3 is 5.69 Å². The first-order chi connectivity index (χ1) is 13.3. The number of benzene rings is 2. The number of rotatable bonds is 5. The zero-order chi connectivity index (χ0) is 20.4. The molecular weight excluding hydrogens is 374 g/mol. The van der Waals surface area contributed by atoms with Crippen LogP contribution in [0.2, 0.25) is 0 Å². The quantitative estimate of drug-likeness (QED) is 0.479. The molecule has 1 aromatic heterocycles. The third kappa shape index (κ3) is 3.41. The maximum atomic E-state index is 12.2. The van der Waals surface area contributed by atoms with Crippen LogP contribution >= 0.6 is 0 Å². The molecule has 0 aliphatic heterocycles. The first-order valence-corrected chi connectivity index (χ1v) is 7.56. The van der Waals surface area contributed by atoms with Gasteiger partial charge in [-0.2, -0.15) is 9.78 Å². The van der Waals surface area contributed by atoms with E-state index in [9.17, 15) is 35.1 Å². The highest BCUT2D eigenvalue weighted by Gasteiger charge is 2.22. The minimum atomic E-state index is -0.865. The van der Waals surface area contributed by atoms with Crippen molar-refractivity contribution in [2.24, 2.45) is 0 Å². The highest BCUT2D eigenvalue weighted by Crippen LogP contribution is 2.27. The van der Waals surface area contributed by atoms with Crippen LogP contribution in [0.3, 0.4) is 0 Å². The fraction of sp³-hybridized carbons (Fsp3) is 0. The van der Waals surface area contributed by atoms with E-state index in [4.69, 9.17) is 0 Å². The van der Waals surface area contributed by atoms with Crippen LogP contribution in [0.5, 0.6) is 0 Å². The van der Waals surface area contributed by atoms with Crippen LogP contribution in [-0.4, -0.2) is 24.6 Å². The highest BCUT2D eigenvalue weighted by molar-refractivity contribution is 5.63. The van der Waals surface area contributed by atoms with Gasteiger partial charge in [-0.05, 0) is 12.1 Å². The lowest BCUT2D eigenvalue weighted by atomic mass is 10.1. The molecule has 0 spiro atoms. The molecule has 0 N–H and O–H groups in total. The predicted molar refractivity (Wildman–Crippen MR) is 95.2 cm³/mol. The molecule has 3 aromatic rings. The molecule has 0 aliphatic rings. The van der Waals surface area contributed by atoms with Crippen molar-refractivity contribution in [3.63, 3.8) is 0 Å². The summed E-state index contributed by atoms with van der Waals surface area (Å²) in [5.41, 5.74) is -1.92. The maximum absolute atomic E-state index is 12.2. The molecule has 140 valence electrons. The molecule has 0 saturated carbocycles. The molecule has 12 nitrogen and oxygen atoms in total. The molecule has 1 heterocycles. The van der Waals surface area contributed by atoms with Gasteiger partial charge in [0.1, 0.15) is 5.69 Å². The van der Waals surface area contributed by atoms with Gasteiger partial charge in [0.15, 0.2) is 0 Å². The second-order valence-electron chi connectivity index (χ2n) is 5.46. The van der Waals surface area contributed by atoms with E-state index in [2.05, 4.69) is 5.10 Å². The third-order valence-electron chi connectivity index (χ3n) is 3.75. The maximum Gasteiger partial charge on any atom is 0.301 e. The van der Waals surface area contributed by atoms with Crippen LogP contribution in [0.25, 0.3) is 16.9 Å². The molecule has 0 radical (unpaired) electrons. The number of hydrogen-bond acceptors (Lipinski definition) is 8. The molecule has 0 fully saturated rings. The Morgan fingerprint density at radius 1 is 0.786 bits per heavy atom. The lowest BCUT2D eigenvalue weighted by Gasteiger charge is -2.08. The number of hydrogen-bond donors (Lipinski definition) is 0. The predicted octanol–water partition coefficient (Wildman–Crippen LogP) is 2.62. The Kier molecular flexibility index (Phi) is 4.60. The first kappa shape index (κ1) is 18.3. The summed E-state index contributed by atoms with van der Waals surface area (Å²) < 4.78 is 0.718. The van der Waals surface area contributed by atoms with Gasteiger partial charge in [-0.3, -0.25) is 35.1 Å². The lowest BCUT2D eigenvalue weighted by molar-refractivity contribution is -0.394. The summed E-state index contributed by atoms with van der Waals surface area (Å²) >= 11 is 0. The Bertz CT molecular complexity index is 1190. The summed E-state index contributed by atoms with van der Waals surface area (Å²) in [5.74, 6) is 0. The Hall–Kier alpha value is -4.48. The van der Waals surface area contributed by atoms with Crippen molar-refractivity contribution in [3.8, 4) is 16.9 Å². The Morgan fingerprint density at radius 2 is 1.46 bits per heavy atom. The van der Waals surface area contributed by atoms with Crippen LogP contribution in [0.15, 0.2) is 59.4 Å². The van der Waals surface area contributed by atoms with E-state index in [0.29, 0.717) is 5.56 Å². The summed E-state index contributed by atoms with van der Waals surface area (Å²) in [6, 6.07) is 10.7. The summed E-state index contributed by atoms with van der Waals surface area (Å²) in [5, 5.41) is 37.2. The van der Waals surface area contributed by atoms with Crippen molar-refractivity contribution >= 4 is 17.1 Å². The lowest BCUT2D eigenvalue weighted by Crippen LogP contribution is -2.21. The number of nitro groups is 3. The second kappa shape index (κ2) is 7.03. The normalized spacial score (nSPS) is 10.4. The van der Waals surface area contributed by atoms with E-state index in [1.807, 2.05) is 0 Å². The summed E-state index contributed by atoms with van der Waals surface area (Å²) in [4.78, 5) is 43.1. The van der Waals surface area contributed by atoms with Gasteiger partial charge in [0.2, 0.25) is 0 Å². The van der Waals surface area contributed by atoms with Gasteiger partial charge < -0.3 is 0 Å². The topological polar surface area (TPSA) is 164 Å². The van der Waals surface area contributed by atoms with Crippen LogP contribution in [0, 0.1) is 30.3 Å². The largest absolute Gasteiger partial charge is 0.301 e. The van der Waals surface area contributed by atoms with Gasteiger partial charge in [0.25, 0.3) is 16.9 Å². The zero-order valence-corrected chi connectivity index (χ0v) is 13.8. The highest BCUT2D eigenvalue weighted by atomic mass is 16.6. The molecule has 0 unspecified atom stereocenters. The van der Waals surface area contributed by atoms with Crippen molar-refractivity contribution in [2.45, 2.75) is 0 Å². The van der Waals surface area contributed by atoms with E-state index in [1.165, 1.54) is 30.3 Å². The number of aromatic nitrogens is 2. The smallest absolute Gasteiger partial charge is 0.267 e.